The van der Waals surface area contributed by atoms with Gasteiger partial charge in [-0.1, -0.05) is 38.9 Å². The molecule has 0 aliphatic rings. The molecular formula is C5H15NS2Sn. The first kappa shape index (κ1) is 16.6. The van der Waals surface area contributed by atoms with E-state index in [1.807, 2.05) is 0 Å². The number of hydrogen-bond acceptors (Lipinski definition) is 1. The van der Waals surface area contributed by atoms with Crippen LogP contribution in [0, 0.1) is 0 Å². The first-order valence-electron chi connectivity index (χ1n) is 2.63. The zero-order chi connectivity index (χ0) is 6.99. The quantitative estimate of drug-likeness (QED) is 0.424. The first-order valence-corrected chi connectivity index (χ1v) is 3.49. The van der Waals surface area contributed by atoms with E-state index in [2.05, 4.69) is 38.7 Å². The summed E-state index contributed by atoms with van der Waals surface area (Å²) in [5.41, 5.74) is 4.71. The van der Waals surface area contributed by atoms with Gasteiger partial charge in [0.15, 0.2) is 0 Å². The van der Waals surface area contributed by atoms with Crippen LogP contribution in [0.4, 0.5) is 0 Å². The van der Waals surface area contributed by atoms with Crippen LogP contribution in [0.25, 0.3) is 0 Å². The number of hydrogen-bond donors (Lipinski definition) is 2. The molecule has 0 bridgehead atoms. The van der Waals surface area contributed by atoms with Crippen molar-refractivity contribution in [1.29, 1.82) is 0 Å². The van der Waals surface area contributed by atoms with Gasteiger partial charge in [-0.05, 0) is 0 Å². The van der Waals surface area contributed by atoms with Crippen LogP contribution in [0.3, 0.4) is 0 Å². The summed E-state index contributed by atoms with van der Waals surface area (Å²) >= 11 is 7.65. The second kappa shape index (κ2) is 16.0. The van der Waals surface area contributed by atoms with E-state index >= 15 is 0 Å². The standard InChI is InChI=1S/C4H10.CH3NS2.Sn.2H/c1-3-4-2;2-1(3)4;;;/h3-4H2,1-2H3;(H3,2,3,4);;;. The van der Waals surface area contributed by atoms with Gasteiger partial charge >= 0.3 is 23.9 Å². The fraction of sp³-hybridized carbons (Fsp3) is 0.800. The molecule has 0 saturated carbocycles. The second-order valence-electron chi connectivity index (χ2n) is 1.34. The van der Waals surface area contributed by atoms with Crippen molar-refractivity contribution in [1.82, 2.24) is 0 Å². The van der Waals surface area contributed by atoms with Crippen LogP contribution in [0.2, 0.25) is 0 Å². The van der Waals surface area contributed by atoms with Gasteiger partial charge in [0.05, 0.1) is 0 Å². The van der Waals surface area contributed by atoms with Crippen molar-refractivity contribution in [3.8, 4) is 0 Å². The summed E-state index contributed by atoms with van der Waals surface area (Å²) in [4.78, 5) is 0. The molecule has 1 nitrogen and oxygen atoms in total. The molecule has 56 valence electrons. The molecule has 0 aromatic carbocycles. The third-order valence-electron chi connectivity index (χ3n) is 0.500. The van der Waals surface area contributed by atoms with Crippen molar-refractivity contribution < 1.29 is 0 Å². The molecule has 0 aliphatic heterocycles. The molecule has 0 rings (SSSR count). The summed E-state index contributed by atoms with van der Waals surface area (Å²) in [7, 11) is 0. The van der Waals surface area contributed by atoms with Gasteiger partial charge in [-0.25, -0.2) is 0 Å². The molecule has 0 heterocycles. The van der Waals surface area contributed by atoms with Crippen molar-refractivity contribution in [2.24, 2.45) is 5.73 Å². The minimum atomic E-state index is 0. The third-order valence-corrected chi connectivity index (χ3v) is 0.500. The number of rotatable bonds is 1. The minimum absolute atomic E-state index is 0. The van der Waals surface area contributed by atoms with Crippen molar-refractivity contribution in [3.05, 3.63) is 0 Å². The van der Waals surface area contributed by atoms with Gasteiger partial charge in [-0.15, -0.1) is 12.6 Å². The van der Waals surface area contributed by atoms with Crippen LogP contribution in [-0.2, 0) is 0 Å². The second-order valence-corrected chi connectivity index (χ2v) is 2.56. The van der Waals surface area contributed by atoms with Crippen LogP contribution in [0.5, 0.6) is 0 Å². The van der Waals surface area contributed by atoms with Crippen molar-refractivity contribution in [2.45, 2.75) is 26.7 Å². The number of unbranched alkanes of at least 4 members (excludes halogenated alkanes) is 1. The van der Waals surface area contributed by atoms with Crippen molar-refractivity contribution in [2.75, 3.05) is 0 Å². The molecule has 9 heavy (non-hydrogen) atoms. The Morgan fingerprint density at radius 2 is 1.56 bits per heavy atom. The van der Waals surface area contributed by atoms with E-state index < -0.39 is 0 Å². The van der Waals surface area contributed by atoms with Crippen LogP contribution >= 0.6 is 24.8 Å². The molecule has 0 unspecified atom stereocenters. The van der Waals surface area contributed by atoms with Gasteiger partial charge in [0, 0.05) is 0 Å². The maximum absolute atomic E-state index is 4.71. The molecule has 0 amide bonds. The topological polar surface area (TPSA) is 26.0 Å². The Kier molecular flexibility index (Phi) is 29.5. The zero-order valence-corrected chi connectivity index (χ0v) is 11.8. The van der Waals surface area contributed by atoms with Gasteiger partial charge in [0.2, 0.25) is 0 Å². The Balaban J connectivity index is -0.0000000720. The zero-order valence-electron chi connectivity index (χ0n) is 6.05. The van der Waals surface area contributed by atoms with E-state index in [0.717, 1.165) is 0 Å². The molecule has 0 atom stereocenters. The van der Waals surface area contributed by atoms with E-state index in [9.17, 15) is 0 Å². The Morgan fingerprint density at radius 1 is 1.44 bits per heavy atom. The van der Waals surface area contributed by atoms with Crippen LogP contribution in [0.15, 0.2) is 0 Å². The molecule has 0 aromatic heterocycles. The van der Waals surface area contributed by atoms with Crippen molar-refractivity contribution >= 4 is 53.1 Å². The normalized spacial score (nSPS) is 6.11. The van der Waals surface area contributed by atoms with Crippen LogP contribution in [0.1, 0.15) is 26.7 Å². The summed E-state index contributed by atoms with van der Waals surface area (Å²) in [6, 6.07) is 0. The molecule has 4 heteroatoms. The van der Waals surface area contributed by atoms with Gasteiger partial charge in [0.25, 0.3) is 0 Å². The molecule has 0 aromatic rings. The van der Waals surface area contributed by atoms with Gasteiger partial charge in [0.1, 0.15) is 4.32 Å². The van der Waals surface area contributed by atoms with E-state index in [4.69, 9.17) is 5.73 Å². The molecule has 0 aliphatic carbocycles. The number of thiocarbonyl (C=S) groups is 1. The van der Waals surface area contributed by atoms with Crippen molar-refractivity contribution in [3.63, 3.8) is 0 Å². The molecule has 2 radical (unpaired) electrons. The predicted octanol–water partition coefficient (Wildman–Crippen LogP) is 1.05. The van der Waals surface area contributed by atoms with E-state index in [-0.39, 0.29) is 28.2 Å². The monoisotopic (exact) mass is 273 g/mol. The Bertz CT molecular complexity index is 52.9. The van der Waals surface area contributed by atoms with E-state index in [1.165, 1.54) is 12.8 Å². The predicted molar refractivity (Wildman–Crippen MR) is 54.9 cm³/mol. The third kappa shape index (κ3) is 108. The molecular weight excluding hydrogens is 257 g/mol. The van der Waals surface area contributed by atoms with Gasteiger partial charge in [-0.3, -0.25) is 0 Å². The SMILES string of the molecule is CCCC.NC(=S)S.[SnH2]. The van der Waals surface area contributed by atoms with Crippen LogP contribution in [-0.4, -0.2) is 28.2 Å². The number of nitrogens with two attached hydrogens (primary N) is 1. The summed E-state index contributed by atoms with van der Waals surface area (Å²) < 4.78 is 0.194. The van der Waals surface area contributed by atoms with Gasteiger partial charge < -0.3 is 5.73 Å². The average molecular weight is 272 g/mol. The molecule has 2 N–H and O–H groups in total. The summed E-state index contributed by atoms with van der Waals surface area (Å²) in [5, 5.41) is 0. The Morgan fingerprint density at radius 3 is 1.56 bits per heavy atom. The molecule has 0 saturated heterocycles. The Hall–Kier alpha value is 1.04. The van der Waals surface area contributed by atoms with Crippen LogP contribution < -0.4 is 5.73 Å². The Labute approximate surface area is 85.1 Å². The summed E-state index contributed by atoms with van der Waals surface area (Å²) in [5.74, 6) is 0. The fourth-order valence-electron chi connectivity index (χ4n) is 0. The summed E-state index contributed by atoms with van der Waals surface area (Å²) in [6.07, 6.45) is 2.64. The maximum atomic E-state index is 4.71. The van der Waals surface area contributed by atoms with Gasteiger partial charge in [-0.2, -0.15) is 0 Å². The fourth-order valence-corrected chi connectivity index (χ4v) is 0. The van der Waals surface area contributed by atoms with E-state index in [1.54, 1.807) is 0 Å². The molecule has 0 fully saturated rings. The van der Waals surface area contributed by atoms with E-state index in [0.29, 0.717) is 0 Å². The average Bonchev–Trinajstić information content (AvgIpc) is 1.65. The summed E-state index contributed by atoms with van der Waals surface area (Å²) in [6.45, 7) is 4.36. The number of thiol groups is 1. The first-order chi connectivity index (χ1) is 3.65. The molecule has 0 spiro atoms.